The molecule has 0 saturated heterocycles. The first-order valence-corrected chi connectivity index (χ1v) is 8.16. The minimum Gasteiger partial charge on any atom is -0.478 e. The molecule has 0 atom stereocenters. The van der Waals surface area contributed by atoms with E-state index < -0.39 is 5.97 Å². The van der Waals surface area contributed by atoms with E-state index in [1.54, 1.807) is 0 Å². The standard InChI is InChI=1S/C20H26N2O2/c1-19(2,3)15-7-13(8-16(10-15)20(4,5)6)9-17-21-11-14(12-22-17)18(23)24/h7-8,10-12H,9H2,1-6H3,(H,23,24). The topological polar surface area (TPSA) is 63.1 Å². The molecule has 128 valence electrons. The third kappa shape index (κ3) is 4.40. The van der Waals surface area contributed by atoms with E-state index in [1.165, 1.54) is 23.5 Å². The maximum absolute atomic E-state index is 10.9. The number of hydrogen-bond acceptors (Lipinski definition) is 3. The lowest BCUT2D eigenvalue weighted by atomic mass is 9.79. The van der Waals surface area contributed by atoms with Gasteiger partial charge in [0.05, 0.1) is 5.56 Å². The van der Waals surface area contributed by atoms with Crippen molar-refractivity contribution >= 4 is 5.97 Å². The van der Waals surface area contributed by atoms with Crippen LogP contribution < -0.4 is 0 Å². The first-order chi connectivity index (χ1) is 11.0. The van der Waals surface area contributed by atoms with Crippen molar-refractivity contribution in [2.24, 2.45) is 0 Å². The first-order valence-electron chi connectivity index (χ1n) is 8.16. The normalized spacial score (nSPS) is 12.2. The Kier molecular flexibility index (Phi) is 4.79. The number of benzene rings is 1. The van der Waals surface area contributed by atoms with Crippen LogP contribution in [0.25, 0.3) is 0 Å². The predicted molar refractivity (Wildman–Crippen MR) is 95.6 cm³/mol. The maximum atomic E-state index is 10.9. The molecule has 0 unspecified atom stereocenters. The van der Waals surface area contributed by atoms with Crippen LogP contribution in [0.1, 0.15) is 74.4 Å². The predicted octanol–water partition coefficient (Wildman–Crippen LogP) is 4.36. The van der Waals surface area contributed by atoms with Crippen LogP contribution in [0.5, 0.6) is 0 Å². The summed E-state index contributed by atoms with van der Waals surface area (Å²) in [6.07, 6.45) is 3.32. The molecular weight excluding hydrogens is 300 g/mol. The molecule has 0 saturated carbocycles. The van der Waals surface area contributed by atoms with Gasteiger partial charge in [0, 0.05) is 18.8 Å². The highest BCUT2D eigenvalue weighted by atomic mass is 16.4. The van der Waals surface area contributed by atoms with E-state index in [-0.39, 0.29) is 16.4 Å². The van der Waals surface area contributed by atoms with Gasteiger partial charge < -0.3 is 5.11 Å². The van der Waals surface area contributed by atoms with Gasteiger partial charge in [-0.05, 0) is 27.5 Å². The summed E-state index contributed by atoms with van der Waals surface area (Å²) >= 11 is 0. The third-order valence-electron chi connectivity index (χ3n) is 4.04. The highest BCUT2D eigenvalue weighted by Gasteiger charge is 2.20. The zero-order chi connectivity index (χ0) is 18.1. The van der Waals surface area contributed by atoms with E-state index in [0.29, 0.717) is 12.2 Å². The van der Waals surface area contributed by atoms with E-state index in [9.17, 15) is 4.79 Å². The molecule has 1 heterocycles. The molecule has 1 aromatic heterocycles. The lowest BCUT2D eigenvalue weighted by Crippen LogP contribution is -2.17. The van der Waals surface area contributed by atoms with Crippen LogP contribution in [0, 0.1) is 0 Å². The molecule has 2 rings (SSSR count). The summed E-state index contributed by atoms with van der Waals surface area (Å²) in [6, 6.07) is 6.67. The summed E-state index contributed by atoms with van der Waals surface area (Å²) in [5.41, 5.74) is 3.95. The average Bonchev–Trinajstić information content (AvgIpc) is 2.45. The van der Waals surface area contributed by atoms with E-state index in [1.807, 2.05) is 0 Å². The van der Waals surface area contributed by atoms with Crippen molar-refractivity contribution in [1.29, 1.82) is 0 Å². The van der Waals surface area contributed by atoms with Crippen molar-refractivity contribution < 1.29 is 9.90 Å². The molecule has 2 aromatic rings. The summed E-state index contributed by atoms with van der Waals surface area (Å²) in [5.74, 6) is -0.378. The zero-order valence-corrected chi connectivity index (χ0v) is 15.3. The van der Waals surface area contributed by atoms with Gasteiger partial charge in [-0.25, -0.2) is 14.8 Å². The van der Waals surface area contributed by atoms with Gasteiger partial charge >= 0.3 is 5.97 Å². The number of carboxylic acids is 1. The highest BCUT2D eigenvalue weighted by molar-refractivity contribution is 5.86. The van der Waals surface area contributed by atoms with Gasteiger partial charge in [-0.3, -0.25) is 0 Å². The molecule has 4 nitrogen and oxygen atoms in total. The van der Waals surface area contributed by atoms with E-state index >= 15 is 0 Å². The lowest BCUT2D eigenvalue weighted by molar-refractivity contribution is 0.0696. The Morgan fingerprint density at radius 2 is 1.38 bits per heavy atom. The van der Waals surface area contributed by atoms with Crippen LogP contribution in [0.15, 0.2) is 30.6 Å². The molecule has 0 radical (unpaired) electrons. The monoisotopic (exact) mass is 326 g/mol. The highest BCUT2D eigenvalue weighted by Crippen LogP contribution is 2.30. The Bertz CT molecular complexity index is 703. The largest absolute Gasteiger partial charge is 0.478 e. The summed E-state index contributed by atoms with van der Waals surface area (Å²) < 4.78 is 0. The van der Waals surface area contributed by atoms with Crippen molar-refractivity contribution in [1.82, 2.24) is 9.97 Å². The van der Waals surface area contributed by atoms with Gasteiger partial charge in [0.2, 0.25) is 0 Å². The molecule has 4 heteroatoms. The Morgan fingerprint density at radius 1 is 0.917 bits per heavy atom. The fourth-order valence-corrected chi connectivity index (χ4v) is 2.40. The minimum absolute atomic E-state index is 0.0596. The van der Waals surface area contributed by atoms with Gasteiger partial charge in [0.1, 0.15) is 5.82 Å². The molecule has 0 amide bonds. The van der Waals surface area contributed by atoms with Crippen LogP contribution in [-0.2, 0) is 17.3 Å². The summed E-state index contributed by atoms with van der Waals surface area (Å²) in [4.78, 5) is 19.3. The van der Waals surface area contributed by atoms with Crippen LogP contribution in [0.3, 0.4) is 0 Å². The Balaban J connectivity index is 2.40. The first kappa shape index (κ1) is 18.1. The van der Waals surface area contributed by atoms with Crippen molar-refractivity contribution in [3.8, 4) is 0 Å². The van der Waals surface area contributed by atoms with Crippen LogP contribution in [0.2, 0.25) is 0 Å². The number of nitrogens with zero attached hydrogens (tertiary/aromatic N) is 2. The molecule has 1 aromatic carbocycles. The Morgan fingerprint density at radius 3 is 1.75 bits per heavy atom. The van der Waals surface area contributed by atoms with Crippen LogP contribution in [-0.4, -0.2) is 21.0 Å². The van der Waals surface area contributed by atoms with Gasteiger partial charge in [-0.2, -0.15) is 0 Å². The fourth-order valence-electron chi connectivity index (χ4n) is 2.40. The smallest absolute Gasteiger partial charge is 0.338 e. The van der Waals surface area contributed by atoms with Crippen molar-refractivity contribution in [2.75, 3.05) is 0 Å². The van der Waals surface area contributed by atoms with E-state index in [2.05, 4.69) is 69.7 Å². The SMILES string of the molecule is CC(C)(C)c1cc(Cc2ncc(C(=O)O)cn2)cc(C(C)(C)C)c1. The van der Waals surface area contributed by atoms with Crippen molar-refractivity contribution in [2.45, 2.75) is 58.8 Å². The van der Waals surface area contributed by atoms with E-state index in [0.717, 1.165) is 5.56 Å². The van der Waals surface area contributed by atoms with Gasteiger partial charge in [-0.1, -0.05) is 59.7 Å². The van der Waals surface area contributed by atoms with Crippen LogP contribution >= 0.6 is 0 Å². The average molecular weight is 326 g/mol. The van der Waals surface area contributed by atoms with Gasteiger partial charge in [0.15, 0.2) is 0 Å². The molecule has 1 N–H and O–H groups in total. The Hall–Kier alpha value is -2.23. The molecule has 0 aliphatic rings. The quantitative estimate of drug-likeness (QED) is 0.910. The fraction of sp³-hybridized carbons (Fsp3) is 0.450. The number of carbonyl (C=O) groups is 1. The Labute approximate surface area is 144 Å². The minimum atomic E-state index is -1.01. The second kappa shape index (κ2) is 6.34. The third-order valence-corrected chi connectivity index (χ3v) is 4.04. The van der Waals surface area contributed by atoms with Crippen molar-refractivity contribution in [3.05, 3.63) is 58.7 Å². The van der Waals surface area contributed by atoms with Crippen molar-refractivity contribution in [3.63, 3.8) is 0 Å². The molecule has 0 bridgehead atoms. The maximum Gasteiger partial charge on any atom is 0.338 e. The number of carboxylic acid groups (broad SMARTS) is 1. The molecule has 0 fully saturated rings. The zero-order valence-electron chi connectivity index (χ0n) is 15.3. The van der Waals surface area contributed by atoms with E-state index in [4.69, 9.17) is 5.11 Å². The summed E-state index contributed by atoms with van der Waals surface area (Å²) in [7, 11) is 0. The molecule has 0 spiro atoms. The number of aromatic nitrogens is 2. The van der Waals surface area contributed by atoms with Gasteiger partial charge in [0.25, 0.3) is 0 Å². The second-order valence-electron chi connectivity index (χ2n) is 8.29. The molecular formula is C20H26N2O2. The van der Waals surface area contributed by atoms with Crippen LogP contribution in [0.4, 0.5) is 0 Å². The lowest BCUT2D eigenvalue weighted by Gasteiger charge is -2.26. The number of rotatable bonds is 3. The number of hydrogen-bond donors (Lipinski definition) is 1. The summed E-state index contributed by atoms with van der Waals surface area (Å²) in [5, 5.41) is 8.94. The summed E-state index contributed by atoms with van der Waals surface area (Å²) in [6.45, 7) is 13.2. The molecule has 0 aliphatic heterocycles. The van der Waals surface area contributed by atoms with Gasteiger partial charge in [-0.15, -0.1) is 0 Å². The molecule has 24 heavy (non-hydrogen) atoms. The second-order valence-corrected chi connectivity index (χ2v) is 8.29. The molecule has 0 aliphatic carbocycles. The number of aromatic carboxylic acids is 1.